The fourth-order valence-electron chi connectivity index (χ4n) is 2.67. The molecule has 0 saturated carbocycles. The molecule has 0 heterocycles. The third kappa shape index (κ3) is 27.9. The third-order valence-corrected chi connectivity index (χ3v) is 4.45. The van der Waals surface area contributed by atoms with Crippen LogP contribution < -0.4 is 5.32 Å². The standard InChI is InChI=1S/C25H45NO10/c1-3-29-12-14-31-16-18-33-20-22-35-24(27)10-8-6-5-7-9-11-26-25(28)36-23-21-34-19-17-32-15-13-30-4-2/h3-4H,1-2,5-23H2,(H,26,28). The van der Waals surface area contributed by atoms with E-state index < -0.39 is 6.09 Å². The molecule has 0 aromatic heterocycles. The van der Waals surface area contributed by atoms with Gasteiger partial charge in [0.1, 0.15) is 26.4 Å². The number of esters is 1. The first-order chi connectivity index (χ1) is 17.7. The van der Waals surface area contributed by atoms with E-state index >= 15 is 0 Å². The van der Waals surface area contributed by atoms with Crippen LogP contribution in [-0.4, -0.2) is 97.9 Å². The molecule has 0 rings (SSSR count). The smallest absolute Gasteiger partial charge is 0.407 e. The minimum Gasteiger partial charge on any atom is -0.499 e. The highest BCUT2D eigenvalue weighted by Crippen LogP contribution is 2.06. The molecule has 11 heteroatoms. The summed E-state index contributed by atoms with van der Waals surface area (Å²) < 4.78 is 41.2. The Bertz CT molecular complexity index is 487. The molecular weight excluding hydrogens is 474 g/mol. The van der Waals surface area contributed by atoms with E-state index in [1.165, 1.54) is 12.5 Å². The quantitative estimate of drug-likeness (QED) is 0.0938. The average molecular weight is 520 g/mol. The maximum atomic E-state index is 11.7. The fraction of sp³-hybridized carbons (Fsp3) is 0.760. The van der Waals surface area contributed by atoms with Crippen LogP contribution in [0.5, 0.6) is 0 Å². The van der Waals surface area contributed by atoms with E-state index in [1.54, 1.807) is 0 Å². The molecule has 0 bridgehead atoms. The van der Waals surface area contributed by atoms with Crippen LogP contribution in [0.4, 0.5) is 4.79 Å². The lowest BCUT2D eigenvalue weighted by Crippen LogP contribution is -2.26. The van der Waals surface area contributed by atoms with E-state index in [2.05, 4.69) is 18.5 Å². The lowest BCUT2D eigenvalue weighted by molar-refractivity contribution is -0.145. The first-order valence-corrected chi connectivity index (χ1v) is 12.5. The van der Waals surface area contributed by atoms with Crippen molar-refractivity contribution in [2.45, 2.75) is 38.5 Å². The minimum absolute atomic E-state index is 0.189. The normalized spacial score (nSPS) is 10.4. The highest BCUT2D eigenvalue weighted by molar-refractivity contribution is 5.69. The number of ether oxygens (including phenoxy) is 8. The van der Waals surface area contributed by atoms with Gasteiger partial charge in [-0.1, -0.05) is 32.4 Å². The summed E-state index contributed by atoms with van der Waals surface area (Å²) in [4.78, 5) is 23.3. The first-order valence-electron chi connectivity index (χ1n) is 12.5. The summed E-state index contributed by atoms with van der Waals surface area (Å²) in [5.41, 5.74) is 0. The van der Waals surface area contributed by atoms with Crippen LogP contribution in [0.3, 0.4) is 0 Å². The summed E-state index contributed by atoms with van der Waals surface area (Å²) in [5.74, 6) is -0.213. The number of rotatable bonds is 28. The summed E-state index contributed by atoms with van der Waals surface area (Å²) in [5, 5.41) is 2.71. The second kappa shape index (κ2) is 28.9. The molecule has 1 amide bonds. The monoisotopic (exact) mass is 519 g/mol. The van der Waals surface area contributed by atoms with Gasteiger partial charge in [0.05, 0.1) is 65.4 Å². The van der Waals surface area contributed by atoms with Gasteiger partial charge in [-0.3, -0.25) is 4.79 Å². The predicted octanol–water partition coefficient (Wildman–Crippen LogP) is 2.98. The Morgan fingerprint density at radius 3 is 1.56 bits per heavy atom. The molecule has 210 valence electrons. The van der Waals surface area contributed by atoms with Crippen molar-refractivity contribution in [3.05, 3.63) is 25.7 Å². The number of hydrogen-bond acceptors (Lipinski definition) is 10. The molecule has 0 aromatic rings. The van der Waals surface area contributed by atoms with E-state index in [-0.39, 0.29) is 19.2 Å². The molecule has 0 fully saturated rings. The van der Waals surface area contributed by atoms with Gasteiger partial charge in [0.25, 0.3) is 0 Å². The number of carbonyl (C=O) groups is 2. The predicted molar refractivity (Wildman–Crippen MR) is 134 cm³/mol. The SMILES string of the molecule is C=COCCOCCOCCOC(=O)CCCCCCCNC(=O)OCCOCCOCCOC=C. The zero-order valence-electron chi connectivity index (χ0n) is 21.6. The van der Waals surface area contributed by atoms with Gasteiger partial charge >= 0.3 is 12.1 Å². The Hall–Kier alpha value is -2.34. The Labute approximate surface area is 215 Å². The summed E-state index contributed by atoms with van der Waals surface area (Å²) >= 11 is 0. The second-order valence-corrected chi connectivity index (χ2v) is 7.33. The molecule has 11 nitrogen and oxygen atoms in total. The van der Waals surface area contributed by atoms with Gasteiger partial charge in [-0.2, -0.15) is 0 Å². The average Bonchev–Trinajstić information content (AvgIpc) is 2.87. The van der Waals surface area contributed by atoms with Crippen LogP contribution in [0.15, 0.2) is 25.7 Å². The number of unbranched alkanes of at least 4 members (excludes halogenated alkanes) is 4. The van der Waals surface area contributed by atoms with E-state index in [4.69, 9.17) is 37.9 Å². The molecule has 0 unspecified atom stereocenters. The van der Waals surface area contributed by atoms with Crippen molar-refractivity contribution in [3.63, 3.8) is 0 Å². The molecule has 0 aliphatic heterocycles. The van der Waals surface area contributed by atoms with E-state index in [9.17, 15) is 9.59 Å². The number of amides is 1. The fourth-order valence-corrected chi connectivity index (χ4v) is 2.67. The zero-order valence-corrected chi connectivity index (χ0v) is 21.6. The van der Waals surface area contributed by atoms with Gasteiger partial charge in [-0.15, -0.1) is 0 Å². The molecule has 0 aliphatic carbocycles. The maximum Gasteiger partial charge on any atom is 0.407 e. The van der Waals surface area contributed by atoms with Gasteiger partial charge in [0.15, 0.2) is 0 Å². The van der Waals surface area contributed by atoms with Crippen molar-refractivity contribution in [3.8, 4) is 0 Å². The van der Waals surface area contributed by atoms with Crippen molar-refractivity contribution in [2.24, 2.45) is 0 Å². The molecule has 36 heavy (non-hydrogen) atoms. The number of alkyl carbamates (subject to hydrolysis) is 1. The topological polar surface area (TPSA) is 120 Å². The lowest BCUT2D eigenvalue weighted by Gasteiger charge is -2.08. The highest BCUT2D eigenvalue weighted by atomic mass is 16.6. The number of hydrogen-bond donors (Lipinski definition) is 1. The summed E-state index contributed by atoms with van der Waals surface area (Å²) in [6.45, 7) is 12.2. The molecule has 0 aromatic carbocycles. The van der Waals surface area contributed by atoms with Crippen LogP contribution in [-0.2, 0) is 42.7 Å². The molecule has 0 aliphatic rings. The second-order valence-electron chi connectivity index (χ2n) is 7.33. The van der Waals surface area contributed by atoms with Gasteiger partial charge in [-0.25, -0.2) is 4.79 Å². The van der Waals surface area contributed by atoms with Crippen molar-refractivity contribution >= 4 is 12.1 Å². The summed E-state index contributed by atoms with van der Waals surface area (Å²) in [6.07, 6.45) is 7.21. The Balaban J connectivity index is 3.26. The maximum absolute atomic E-state index is 11.7. The van der Waals surface area contributed by atoms with Gasteiger partial charge in [0.2, 0.25) is 0 Å². The Kier molecular flexibility index (Phi) is 27.0. The Morgan fingerprint density at radius 2 is 1.00 bits per heavy atom. The van der Waals surface area contributed by atoms with Crippen LogP contribution >= 0.6 is 0 Å². The largest absolute Gasteiger partial charge is 0.499 e. The molecule has 0 saturated heterocycles. The van der Waals surface area contributed by atoms with Crippen LogP contribution in [0.25, 0.3) is 0 Å². The first kappa shape index (κ1) is 33.7. The molecule has 1 N–H and O–H groups in total. The number of nitrogens with one attached hydrogen (secondary N) is 1. The van der Waals surface area contributed by atoms with Crippen molar-refractivity contribution in [1.29, 1.82) is 0 Å². The van der Waals surface area contributed by atoms with E-state index in [1.807, 2.05) is 0 Å². The lowest BCUT2D eigenvalue weighted by atomic mass is 10.1. The summed E-state index contributed by atoms with van der Waals surface area (Å²) in [7, 11) is 0. The van der Waals surface area contributed by atoms with Gasteiger partial charge < -0.3 is 43.2 Å². The number of carbonyl (C=O) groups excluding carboxylic acids is 2. The van der Waals surface area contributed by atoms with Crippen molar-refractivity contribution < 1.29 is 47.5 Å². The molecule has 0 radical (unpaired) electrons. The van der Waals surface area contributed by atoms with Crippen molar-refractivity contribution in [1.82, 2.24) is 5.32 Å². The van der Waals surface area contributed by atoms with Crippen molar-refractivity contribution in [2.75, 3.05) is 85.8 Å². The van der Waals surface area contributed by atoms with Gasteiger partial charge in [0, 0.05) is 13.0 Å². The third-order valence-electron chi connectivity index (χ3n) is 4.45. The minimum atomic E-state index is -0.450. The highest BCUT2D eigenvalue weighted by Gasteiger charge is 2.04. The van der Waals surface area contributed by atoms with E-state index in [0.717, 1.165) is 32.1 Å². The molecule has 0 atom stereocenters. The van der Waals surface area contributed by atoms with Crippen LogP contribution in [0.2, 0.25) is 0 Å². The van der Waals surface area contributed by atoms with Gasteiger partial charge in [-0.05, 0) is 12.8 Å². The molecular formula is C25H45NO10. The zero-order chi connectivity index (χ0) is 26.4. The summed E-state index contributed by atoms with van der Waals surface area (Å²) in [6, 6.07) is 0. The molecule has 0 spiro atoms. The Morgan fingerprint density at radius 1 is 0.556 bits per heavy atom. The van der Waals surface area contributed by atoms with E-state index in [0.29, 0.717) is 79.0 Å². The van der Waals surface area contributed by atoms with Crippen LogP contribution in [0, 0.1) is 0 Å². The van der Waals surface area contributed by atoms with Crippen LogP contribution in [0.1, 0.15) is 38.5 Å².